The number of hydrogen-bond acceptors (Lipinski definition) is 2. The second-order valence-corrected chi connectivity index (χ2v) is 2.14. The van der Waals surface area contributed by atoms with Crippen molar-refractivity contribution in [3.05, 3.63) is 35.9 Å². The lowest BCUT2D eigenvalue weighted by Crippen LogP contribution is -1.94. The van der Waals surface area contributed by atoms with Crippen LogP contribution in [0.15, 0.2) is 30.3 Å². The number of carbonyl (C=O) groups excluding carboxylic acids is 1. The van der Waals surface area contributed by atoms with Crippen molar-refractivity contribution in [1.82, 2.24) is 0 Å². The maximum atomic E-state index is 11.0. The topological polar surface area (TPSA) is 37.3 Å². The van der Waals surface area contributed by atoms with E-state index in [2.05, 4.69) is 11.9 Å². The normalized spacial score (nSPS) is 8.25. The third kappa shape index (κ3) is 3.51. The third-order valence-corrected chi connectivity index (χ3v) is 1.42. The zero-order chi connectivity index (χ0) is 9.40. The molecule has 3 heteroatoms. The van der Waals surface area contributed by atoms with E-state index in [4.69, 9.17) is 4.66 Å². The molecule has 2 nitrogen and oxygen atoms in total. The molecule has 0 amide bonds. The molecule has 0 aromatic heterocycles. The summed E-state index contributed by atoms with van der Waals surface area (Å²) in [5, 5.41) is 0. The van der Waals surface area contributed by atoms with E-state index in [0.717, 1.165) is 5.56 Å². The van der Waals surface area contributed by atoms with Crippen molar-refractivity contribution in [2.45, 2.75) is 13.3 Å². The Morgan fingerprint density at radius 3 is 2.25 bits per heavy atom. The van der Waals surface area contributed by atoms with Gasteiger partial charge in [-0.3, -0.25) is 9.45 Å². The number of rotatable bonds is 2. The van der Waals surface area contributed by atoms with Gasteiger partial charge in [0.25, 0.3) is 0 Å². The Morgan fingerprint density at radius 1 is 1.33 bits per heavy atom. The fourth-order valence-electron chi connectivity index (χ4n) is 0.828. The standard InChI is InChI=1S/C9H10O.ClHO/c1-2-9(10)8-6-4-3-5-7-8;1-2/h3-7H,2H2,1H3;2H. The van der Waals surface area contributed by atoms with Gasteiger partial charge in [-0.05, 0) is 0 Å². The van der Waals surface area contributed by atoms with Crippen molar-refractivity contribution in [1.29, 1.82) is 0 Å². The summed E-state index contributed by atoms with van der Waals surface area (Å²) in [4.78, 5) is 11.0. The first-order valence-electron chi connectivity index (χ1n) is 3.59. The number of benzene rings is 1. The van der Waals surface area contributed by atoms with Crippen molar-refractivity contribution in [3.8, 4) is 0 Å². The highest BCUT2D eigenvalue weighted by Gasteiger charge is 1.98. The van der Waals surface area contributed by atoms with E-state index in [1.165, 1.54) is 0 Å². The minimum Gasteiger partial charge on any atom is -0.295 e. The summed E-state index contributed by atoms with van der Waals surface area (Å²) in [6.45, 7) is 1.87. The van der Waals surface area contributed by atoms with Gasteiger partial charge >= 0.3 is 0 Å². The minimum atomic E-state index is 0.209. The van der Waals surface area contributed by atoms with Gasteiger partial charge in [0.05, 0.1) is 11.9 Å². The predicted octanol–water partition coefficient (Wildman–Crippen LogP) is 2.41. The highest BCUT2D eigenvalue weighted by atomic mass is 35.5. The first kappa shape index (κ1) is 11.1. The molecule has 66 valence electrons. The summed E-state index contributed by atoms with van der Waals surface area (Å²) in [6, 6.07) is 9.34. The van der Waals surface area contributed by atoms with Gasteiger partial charge in [0.2, 0.25) is 0 Å². The molecule has 1 aromatic carbocycles. The number of carbonyl (C=O) groups is 1. The van der Waals surface area contributed by atoms with Gasteiger partial charge in [0, 0.05) is 12.0 Å². The fraction of sp³-hybridized carbons (Fsp3) is 0.222. The number of hydrogen-bond donors (Lipinski definition) is 1. The fourth-order valence-corrected chi connectivity index (χ4v) is 0.828. The van der Waals surface area contributed by atoms with Crippen LogP contribution in [0.3, 0.4) is 0 Å². The first-order chi connectivity index (χ1) is 5.84. The predicted molar refractivity (Wildman–Crippen MR) is 49.1 cm³/mol. The molecule has 0 aliphatic rings. The molecular weight excluding hydrogens is 176 g/mol. The Labute approximate surface area is 77.0 Å². The van der Waals surface area contributed by atoms with E-state index >= 15 is 0 Å². The molecule has 0 unspecified atom stereocenters. The van der Waals surface area contributed by atoms with Gasteiger partial charge in [0.1, 0.15) is 0 Å². The molecule has 0 heterocycles. The van der Waals surface area contributed by atoms with Crippen molar-refractivity contribution in [3.63, 3.8) is 0 Å². The van der Waals surface area contributed by atoms with Crippen molar-refractivity contribution >= 4 is 17.6 Å². The van der Waals surface area contributed by atoms with Crippen LogP contribution in [-0.2, 0) is 0 Å². The minimum absolute atomic E-state index is 0.209. The highest BCUT2D eigenvalue weighted by Crippen LogP contribution is 2.01. The Morgan fingerprint density at radius 2 is 1.83 bits per heavy atom. The third-order valence-electron chi connectivity index (χ3n) is 1.42. The Balaban J connectivity index is 0.000000561. The molecule has 0 aliphatic heterocycles. The zero-order valence-electron chi connectivity index (χ0n) is 6.83. The smallest absolute Gasteiger partial charge is 0.162 e. The van der Waals surface area contributed by atoms with Crippen molar-refractivity contribution in [2.24, 2.45) is 0 Å². The van der Waals surface area contributed by atoms with Crippen molar-refractivity contribution < 1.29 is 9.45 Å². The van der Waals surface area contributed by atoms with E-state index in [9.17, 15) is 4.79 Å². The Bertz CT molecular complexity index is 221. The summed E-state index contributed by atoms with van der Waals surface area (Å²) >= 11 is 3.64. The van der Waals surface area contributed by atoms with Gasteiger partial charge in [-0.1, -0.05) is 37.3 Å². The average molecular weight is 187 g/mol. The van der Waals surface area contributed by atoms with Crippen LogP contribution in [0.1, 0.15) is 23.7 Å². The zero-order valence-corrected chi connectivity index (χ0v) is 7.58. The summed E-state index contributed by atoms with van der Waals surface area (Å²) < 4.78 is 6.47. The van der Waals surface area contributed by atoms with Crippen LogP contribution < -0.4 is 0 Å². The molecular formula is C9H11ClO2. The quantitative estimate of drug-likeness (QED) is 0.721. The highest BCUT2D eigenvalue weighted by molar-refractivity contribution is 6.04. The van der Waals surface area contributed by atoms with E-state index in [0.29, 0.717) is 6.42 Å². The van der Waals surface area contributed by atoms with E-state index in [1.54, 1.807) is 0 Å². The van der Waals surface area contributed by atoms with Gasteiger partial charge in [-0.25, -0.2) is 0 Å². The number of Topliss-reactive ketones (excluding diaryl/α,β-unsaturated/α-hetero) is 1. The first-order valence-corrected chi connectivity index (χ1v) is 3.93. The van der Waals surface area contributed by atoms with Gasteiger partial charge in [-0.15, -0.1) is 0 Å². The molecule has 1 rings (SSSR count). The Kier molecular flexibility index (Phi) is 6.34. The largest absolute Gasteiger partial charge is 0.295 e. The molecule has 12 heavy (non-hydrogen) atoms. The molecule has 0 atom stereocenters. The molecule has 0 spiro atoms. The van der Waals surface area contributed by atoms with Gasteiger partial charge in [0.15, 0.2) is 5.78 Å². The second kappa shape index (κ2) is 6.83. The van der Waals surface area contributed by atoms with E-state index < -0.39 is 0 Å². The molecule has 0 saturated heterocycles. The van der Waals surface area contributed by atoms with Crippen LogP contribution in [0.25, 0.3) is 0 Å². The van der Waals surface area contributed by atoms with Crippen LogP contribution in [0.5, 0.6) is 0 Å². The van der Waals surface area contributed by atoms with Crippen LogP contribution in [-0.4, -0.2) is 10.4 Å². The lowest BCUT2D eigenvalue weighted by molar-refractivity contribution is 0.0988. The van der Waals surface area contributed by atoms with Crippen LogP contribution in [0.4, 0.5) is 0 Å². The molecule has 0 radical (unpaired) electrons. The number of ketones is 1. The summed E-state index contributed by atoms with van der Waals surface area (Å²) in [7, 11) is 0. The lowest BCUT2D eigenvalue weighted by atomic mass is 10.1. The summed E-state index contributed by atoms with van der Waals surface area (Å²) in [6.07, 6.45) is 0.587. The maximum absolute atomic E-state index is 11.0. The molecule has 1 N–H and O–H groups in total. The van der Waals surface area contributed by atoms with Crippen molar-refractivity contribution in [2.75, 3.05) is 0 Å². The van der Waals surface area contributed by atoms with E-state index in [1.807, 2.05) is 37.3 Å². The molecule has 0 aliphatic carbocycles. The number of halogens is 1. The molecule has 0 bridgehead atoms. The average Bonchev–Trinajstić information content (AvgIpc) is 2.21. The molecule has 0 fully saturated rings. The monoisotopic (exact) mass is 186 g/mol. The Hall–Kier alpha value is -0.860. The second-order valence-electron chi connectivity index (χ2n) is 2.14. The van der Waals surface area contributed by atoms with Crippen LogP contribution in [0.2, 0.25) is 0 Å². The SMILES string of the molecule is CCC(=O)c1ccccc1.OCl. The van der Waals surface area contributed by atoms with Crippen LogP contribution >= 0.6 is 11.9 Å². The van der Waals surface area contributed by atoms with Gasteiger partial charge < -0.3 is 0 Å². The molecule has 1 aromatic rings. The maximum Gasteiger partial charge on any atom is 0.162 e. The van der Waals surface area contributed by atoms with Gasteiger partial charge in [-0.2, -0.15) is 0 Å². The lowest BCUT2D eigenvalue weighted by Gasteiger charge is -1.93. The van der Waals surface area contributed by atoms with Crippen LogP contribution in [0, 0.1) is 0 Å². The van der Waals surface area contributed by atoms with E-state index in [-0.39, 0.29) is 5.78 Å². The summed E-state index contributed by atoms with van der Waals surface area (Å²) in [5.41, 5.74) is 0.810. The summed E-state index contributed by atoms with van der Waals surface area (Å²) in [5.74, 6) is 0.209. The molecule has 0 saturated carbocycles.